The van der Waals surface area contributed by atoms with Gasteiger partial charge in [-0.25, -0.2) is 0 Å². The molecule has 9 heavy (non-hydrogen) atoms. The molecular weight excluding hydrogens is 132 g/mol. The normalized spacial score (nSPS) is 8.44. The molecule has 1 aromatic heterocycles. The van der Waals surface area contributed by atoms with E-state index in [-0.39, 0.29) is 0 Å². The van der Waals surface area contributed by atoms with E-state index in [1.54, 1.807) is 12.4 Å². The Morgan fingerprint density at radius 1 is 1.67 bits per heavy atom. The van der Waals surface area contributed by atoms with Crippen molar-refractivity contribution in [3.8, 4) is 0 Å². The number of pyridine rings is 1. The maximum Gasteiger partial charge on any atom is 0.0659 e. The molecule has 1 aromatic rings. The molecule has 1 rings (SSSR count). The van der Waals surface area contributed by atoms with E-state index in [0.717, 1.165) is 5.69 Å². The lowest BCUT2D eigenvalue weighted by atomic mass is 10.4. The smallest absolute Gasteiger partial charge is 0.0659 e. The van der Waals surface area contributed by atoms with Gasteiger partial charge in [0.25, 0.3) is 0 Å². The Kier molecular flexibility index (Phi) is 2.15. The fourth-order valence-electron chi connectivity index (χ4n) is 0.516. The first kappa shape index (κ1) is 6.16. The van der Waals surface area contributed by atoms with Crippen molar-refractivity contribution < 1.29 is 0 Å². The van der Waals surface area contributed by atoms with Gasteiger partial charge in [-0.3, -0.25) is 4.98 Å². The standard InChI is InChI=1S/C6H6N2S/c9-5-8-6-2-1-3-7-4-6/h1-5H,(H,8,9). The topological polar surface area (TPSA) is 24.9 Å². The van der Waals surface area contributed by atoms with Crippen molar-refractivity contribution in [1.29, 1.82) is 0 Å². The summed E-state index contributed by atoms with van der Waals surface area (Å²) in [4.78, 5) is 3.87. The van der Waals surface area contributed by atoms with Gasteiger partial charge in [0, 0.05) is 6.20 Å². The number of rotatable bonds is 2. The van der Waals surface area contributed by atoms with Crippen LogP contribution in [0.3, 0.4) is 0 Å². The maximum absolute atomic E-state index is 4.57. The van der Waals surface area contributed by atoms with Crippen molar-refractivity contribution >= 4 is 23.4 Å². The van der Waals surface area contributed by atoms with Crippen molar-refractivity contribution in [3.63, 3.8) is 0 Å². The quantitative estimate of drug-likeness (QED) is 0.626. The molecule has 0 aliphatic heterocycles. The van der Waals surface area contributed by atoms with Crippen molar-refractivity contribution in [2.75, 3.05) is 5.32 Å². The van der Waals surface area contributed by atoms with Gasteiger partial charge < -0.3 is 5.32 Å². The Morgan fingerprint density at radius 3 is 3.11 bits per heavy atom. The predicted molar refractivity (Wildman–Crippen MR) is 41.5 cm³/mol. The summed E-state index contributed by atoms with van der Waals surface area (Å²) in [6.07, 6.45) is 3.43. The summed E-state index contributed by atoms with van der Waals surface area (Å²) in [7, 11) is 0. The highest BCUT2D eigenvalue weighted by Crippen LogP contribution is 1.99. The highest BCUT2D eigenvalue weighted by molar-refractivity contribution is 7.79. The van der Waals surface area contributed by atoms with Crippen LogP contribution in [-0.4, -0.2) is 10.5 Å². The fraction of sp³-hybridized carbons (Fsp3) is 0. The molecule has 0 aromatic carbocycles. The molecule has 0 radical (unpaired) electrons. The van der Waals surface area contributed by atoms with Gasteiger partial charge >= 0.3 is 0 Å². The van der Waals surface area contributed by atoms with Crippen LogP contribution < -0.4 is 5.32 Å². The van der Waals surface area contributed by atoms with Crippen LogP contribution in [0.2, 0.25) is 0 Å². The van der Waals surface area contributed by atoms with Gasteiger partial charge in [-0.1, -0.05) is 12.2 Å². The second kappa shape index (κ2) is 3.14. The molecule has 46 valence electrons. The lowest BCUT2D eigenvalue weighted by molar-refractivity contribution is 1.33. The van der Waals surface area contributed by atoms with E-state index in [4.69, 9.17) is 0 Å². The number of nitrogens with one attached hydrogen (secondary N) is 1. The number of hydrogen-bond donors (Lipinski definition) is 1. The fourth-order valence-corrected chi connectivity index (χ4v) is 0.652. The van der Waals surface area contributed by atoms with Crippen molar-refractivity contribution in [3.05, 3.63) is 24.5 Å². The van der Waals surface area contributed by atoms with Gasteiger partial charge in [0.2, 0.25) is 0 Å². The highest BCUT2D eigenvalue weighted by atomic mass is 32.1. The van der Waals surface area contributed by atoms with Crippen LogP contribution in [0.5, 0.6) is 0 Å². The van der Waals surface area contributed by atoms with Crippen LogP contribution in [0.25, 0.3) is 0 Å². The van der Waals surface area contributed by atoms with Gasteiger partial charge in [-0.15, -0.1) is 0 Å². The Labute approximate surface area is 58.9 Å². The monoisotopic (exact) mass is 138 g/mol. The van der Waals surface area contributed by atoms with Crippen LogP contribution in [0.15, 0.2) is 24.5 Å². The Bertz CT molecular complexity index is 186. The van der Waals surface area contributed by atoms with E-state index in [0.29, 0.717) is 0 Å². The lowest BCUT2D eigenvalue weighted by Gasteiger charge is -1.93. The molecule has 0 aliphatic rings. The minimum Gasteiger partial charge on any atom is -0.351 e. The summed E-state index contributed by atoms with van der Waals surface area (Å²) >= 11 is 4.57. The van der Waals surface area contributed by atoms with Crippen molar-refractivity contribution in [1.82, 2.24) is 4.98 Å². The maximum atomic E-state index is 4.57. The molecular formula is C6H6N2S. The second-order valence-corrected chi connectivity index (χ2v) is 1.74. The van der Waals surface area contributed by atoms with E-state index in [1.807, 2.05) is 12.1 Å². The van der Waals surface area contributed by atoms with Crippen molar-refractivity contribution in [2.45, 2.75) is 0 Å². The minimum absolute atomic E-state index is 0.924. The summed E-state index contributed by atoms with van der Waals surface area (Å²) in [5.74, 6) is 0. The van der Waals surface area contributed by atoms with Crippen LogP contribution in [0, 0.1) is 0 Å². The van der Waals surface area contributed by atoms with Crippen LogP contribution in [0.1, 0.15) is 0 Å². The largest absolute Gasteiger partial charge is 0.351 e. The van der Waals surface area contributed by atoms with E-state index >= 15 is 0 Å². The zero-order chi connectivity index (χ0) is 6.53. The lowest BCUT2D eigenvalue weighted by Crippen LogP contribution is -1.90. The SMILES string of the molecule is S=CNc1cccnc1. The number of thiocarbonyl (C=S) groups is 1. The first-order valence-corrected chi connectivity index (χ1v) is 3.01. The molecule has 3 heteroatoms. The average molecular weight is 138 g/mol. The highest BCUT2D eigenvalue weighted by Gasteiger charge is 1.81. The Morgan fingerprint density at radius 2 is 2.56 bits per heavy atom. The van der Waals surface area contributed by atoms with E-state index in [9.17, 15) is 0 Å². The molecule has 1 N–H and O–H groups in total. The molecule has 0 fully saturated rings. The third-order valence-electron chi connectivity index (χ3n) is 0.887. The van der Waals surface area contributed by atoms with Crippen LogP contribution >= 0.6 is 12.2 Å². The third-order valence-corrected chi connectivity index (χ3v) is 1.00. The molecule has 0 amide bonds. The van der Waals surface area contributed by atoms with Crippen LogP contribution in [-0.2, 0) is 0 Å². The molecule has 0 atom stereocenters. The zero-order valence-electron chi connectivity index (χ0n) is 4.74. The summed E-state index contributed by atoms with van der Waals surface area (Å²) in [5, 5.41) is 2.83. The van der Waals surface area contributed by atoms with E-state index in [1.165, 1.54) is 5.49 Å². The Hall–Kier alpha value is -0.960. The van der Waals surface area contributed by atoms with Gasteiger partial charge in [-0.05, 0) is 12.1 Å². The molecule has 1 heterocycles. The van der Waals surface area contributed by atoms with Crippen molar-refractivity contribution in [2.24, 2.45) is 0 Å². The molecule has 0 bridgehead atoms. The first-order chi connectivity index (χ1) is 4.43. The summed E-state index contributed by atoms with van der Waals surface area (Å²) in [6.45, 7) is 0. The van der Waals surface area contributed by atoms with Crippen LogP contribution in [0.4, 0.5) is 5.69 Å². The van der Waals surface area contributed by atoms with E-state index < -0.39 is 0 Å². The summed E-state index contributed by atoms with van der Waals surface area (Å²) in [6, 6.07) is 3.75. The predicted octanol–water partition coefficient (Wildman–Crippen LogP) is 1.45. The summed E-state index contributed by atoms with van der Waals surface area (Å²) < 4.78 is 0. The van der Waals surface area contributed by atoms with Gasteiger partial charge in [0.05, 0.1) is 17.4 Å². The number of anilines is 1. The molecule has 0 saturated heterocycles. The minimum atomic E-state index is 0.924. The average Bonchev–Trinajstić information content (AvgIpc) is 1.91. The molecule has 0 saturated carbocycles. The van der Waals surface area contributed by atoms with E-state index in [2.05, 4.69) is 22.5 Å². The van der Waals surface area contributed by atoms with Gasteiger partial charge in [-0.2, -0.15) is 0 Å². The molecule has 0 spiro atoms. The molecule has 0 aliphatic carbocycles. The molecule has 0 unspecified atom stereocenters. The zero-order valence-corrected chi connectivity index (χ0v) is 5.56. The third kappa shape index (κ3) is 1.77. The molecule has 2 nitrogen and oxygen atoms in total. The summed E-state index contributed by atoms with van der Waals surface area (Å²) in [5.41, 5.74) is 2.38. The number of nitrogens with zero attached hydrogens (tertiary/aromatic N) is 1. The Balaban J connectivity index is 2.72. The second-order valence-electron chi connectivity index (χ2n) is 1.50. The van der Waals surface area contributed by atoms with Gasteiger partial charge in [0.15, 0.2) is 0 Å². The first-order valence-electron chi connectivity index (χ1n) is 2.53. The van der Waals surface area contributed by atoms with Gasteiger partial charge in [0.1, 0.15) is 0 Å². The number of hydrogen-bond acceptors (Lipinski definition) is 2. The number of aromatic nitrogens is 1.